The molecule has 6 heteroatoms. The summed E-state index contributed by atoms with van der Waals surface area (Å²) in [7, 11) is 1.91. The molecule has 0 fully saturated rings. The van der Waals surface area contributed by atoms with Gasteiger partial charge in [-0.05, 0) is 38.8 Å². The van der Waals surface area contributed by atoms with Crippen LogP contribution in [-0.4, -0.2) is 28.4 Å². The molecule has 0 bridgehead atoms. The van der Waals surface area contributed by atoms with Crippen LogP contribution >= 0.6 is 0 Å². The average Bonchev–Trinajstić information content (AvgIpc) is 3.04. The van der Waals surface area contributed by atoms with Crippen molar-refractivity contribution in [3.63, 3.8) is 0 Å². The van der Waals surface area contributed by atoms with Gasteiger partial charge in [0.15, 0.2) is 5.96 Å². The number of nitrogens with zero attached hydrogens (tertiary/aromatic N) is 3. The number of aromatic nitrogens is 2. The second-order valence-corrected chi connectivity index (χ2v) is 6.52. The zero-order valence-corrected chi connectivity index (χ0v) is 16.5. The number of hydrogen-bond acceptors (Lipinski definition) is 3. The third kappa shape index (κ3) is 6.10. The normalized spacial score (nSPS) is 12.7. The molecule has 0 saturated carbocycles. The van der Waals surface area contributed by atoms with Crippen LogP contribution in [0.1, 0.15) is 43.9 Å². The first-order chi connectivity index (χ1) is 12.5. The molecular formula is C20H31N5O. The van der Waals surface area contributed by atoms with Crippen LogP contribution in [0.5, 0.6) is 5.75 Å². The van der Waals surface area contributed by atoms with Gasteiger partial charge in [-0.15, -0.1) is 0 Å². The maximum absolute atomic E-state index is 6.09. The van der Waals surface area contributed by atoms with Crippen LogP contribution in [0.2, 0.25) is 0 Å². The maximum atomic E-state index is 6.09. The Morgan fingerprint density at radius 3 is 2.77 bits per heavy atom. The van der Waals surface area contributed by atoms with Crippen LogP contribution in [-0.2, 0) is 20.1 Å². The van der Waals surface area contributed by atoms with Gasteiger partial charge in [0.05, 0.1) is 18.8 Å². The number of nitrogens with one attached hydrogen (secondary N) is 2. The van der Waals surface area contributed by atoms with Gasteiger partial charge in [-0.25, -0.2) is 4.99 Å². The van der Waals surface area contributed by atoms with Crippen molar-refractivity contribution in [2.45, 2.75) is 53.3 Å². The molecule has 2 rings (SSSR count). The summed E-state index contributed by atoms with van der Waals surface area (Å²) >= 11 is 0. The van der Waals surface area contributed by atoms with Gasteiger partial charge in [0.1, 0.15) is 5.75 Å². The van der Waals surface area contributed by atoms with Crippen molar-refractivity contribution in [2.24, 2.45) is 12.0 Å². The van der Waals surface area contributed by atoms with E-state index in [-0.39, 0.29) is 6.10 Å². The highest BCUT2D eigenvalue weighted by atomic mass is 16.5. The van der Waals surface area contributed by atoms with Crippen LogP contribution in [0.15, 0.2) is 35.6 Å². The number of hydrogen-bond donors (Lipinski definition) is 2. The van der Waals surface area contributed by atoms with Crippen molar-refractivity contribution < 1.29 is 4.74 Å². The van der Waals surface area contributed by atoms with E-state index in [1.54, 1.807) is 4.68 Å². The molecule has 1 aromatic carbocycles. The quantitative estimate of drug-likeness (QED) is 0.563. The van der Waals surface area contributed by atoms with E-state index in [1.807, 2.05) is 19.4 Å². The summed E-state index contributed by atoms with van der Waals surface area (Å²) < 4.78 is 7.88. The third-order valence-electron chi connectivity index (χ3n) is 4.09. The minimum atomic E-state index is 0.197. The van der Waals surface area contributed by atoms with Crippen molar-refractivity contribution in [3.8, 4) is 5.75 Å². The van der Waals surface area contributed by atoms with Gasteiger partial charge in [0, 0.05) is 37.5 Å². The monoisotopic (exact) mass is 357 g/mol. The van der Waals surface area contributed by atoms with E-state index in [0.29, 0.717) is 13.1 Å². The lowest BCUT2D eigenvalue weighted by Gasteiger charge is -2.18. The van der Waals surface area contributed by atoms with Crippen molar-refractivity contribution in [1.29, 1.82) is 0 Å². The van der Waals surface area contributed by atoms with Gasteiger partial charge in [-0.3, -0.25) is 4.68 Å². The molecule has 26 heavy (non-hydrogen) atoms. The lowest BCUT2D eigenvalue weighted by Crippen LogP contribution is -2.36. The molecule has 0 amide bonds. The molecule has 1 unspecified atom stereocenters. The first kappa shape index (κ1) is 19.8. The van der Waals surface area contributed by atoms with Crippen LogP contribution in [0, 0.1) is 6.92 Å². The molecule has 1 atom stereocenters. The van der Waals surface area contributed by atoms with Crippen LogP contribution in [0.4, 0.5) is 0 Å². The van der Waals surface area contributed by atoms with E-state index in [9.17, 15) is 0 Å². The van der Waals surface area contributed by atoms with E-state index >= 15 is 0 Å². The second kappa shape index (κ2) is 9.85. The summed E-state index contributed by atoms with van der Waals surface area (Å²) in [6.45, 7) is 10.4. The Hall–Kier alpha value is -2.50. The number of aliphatic imine (C=N–C) groups is 1. The highest BCUT2D eigenvalue weighted by molar-refractivity contribution is 5.79. The van der Waals surface area contributed by atoms with Gasteiger partial charge >= 0.3 is 0 Å². The van der Waals surface area contributed by atoms with Crippen LogP contribution in [0.25, 0.3) is 0 Å². The lowest BCUT2D eigenvalue weighted by molar-refractivity contribution is 0.215. The van der Waals surface area contributed by atoms with Gasteiger partial charge in [0.2, 0.25) is 0 Å². The lowest BCUT2D eigenvalue weighted by atomic mass is 10.1. The summed E-state index contributed by atoms with van der Waals surface area (Å²) in [6.07, 6.45) is 5.00. The van der Waals surface area contributed by atoms with E-state index in [0.717, 1.165) is 35.8 Å². The number of rotatable bonds is 8. The molecule has 1 aromatic heterocycles. The maximum Gasteiger partial charge on any atom is 0.191 e. The van der Waals surface area contributed by atoms with E-state index in [4.69, 9.17) is 4.74 Å². The highest BCUT2D eigenvalue weighted by Gasteiger charge is 2.09. The summed E-state index contributed by atoms with van der Waals surface area (Å²) in [5, 5.41) is 10.9. The zero-order valence-electron chi connectivity index (χ0n) is 16.5. The fraction of sp³-hybridized carbons (Fsp3) is 0.500. The topological polar surface area (TPSA) is 63.5 Å². The van der Waals surface area contributed by atoms with Crippen molar-refractivity contribution in [1.82, 2.24) is 20.4 Å². The SMILES string of the molecule is CCNC(=NCc1cnn(C)c1)NCc1ccc(C)cc1OC(C)CC. The first-order valence-corrected chi connectivity index (χ1v) is 9.27. The molecule has 0 spiro atoms. The number of aryl methyl sites for hydroxylation is 2. The molecule has 1 heterocycles. The van der Waals surface area contributed by atoms with E-state index in [1.165, 1.54) is 5.56 Å². The Morgan fingerprint density at radius 1 is 1.31 bits per heavy atom. The Bertz CT molecular complexity index is 723. The van der Waals surface area contributed by atoms with Crippen LogP contribution < -0.4 is 15.4 Å². The van der Waals surface area contributed by atoms with Gasteiger partial charge < -0.3 is 15.4 Å². The van der Waals surface area contributed by atoms with Crippen molar-refractivity contribution in [2.75, 3.05) is 6.54 Å². The minimum absolute atomic E-state index is 0.197. The number of ether oxygens (including phenoxy) is 1. The predicted molar refractivity (Wildman–Crippen MR) is 106 cm³/mol. The van der Waals surface area contributed by atoms with E-state index in [2.05, 4.69) is 66.6 Å². The molecule has 0 saturated heterocycles. The first-order valence-electron chi connectivity index (χ1n) is 9.27. The molecule has 142 valence electrons. The highest BCUT2D eigenvalue weighted by Crippen LogP contribution is 2.22. The fourth-order valence-electron chi connectivity index (χ4n) is 2.46. The largest absolute Gasteiger partial charge is 0.490 e. The molecule has 0 aliphatic heterocycles. The Balaban J connectivity index is 2.05. The summed E-state index contributed by atoms with van der Waals surface area (Å²) in [5.74, 6) is 1.72. The van der Waals surface area contributed by atoms with Crippen LogP contribution in [0.3, 0.4) is 0 Å². The molecule has 2 aromatic rings. The van der Waals surface area contributed by atoms with Crippen molar-refractivity contribution >= 4 is 5.96 Å². The summed E-state index contributed by atoms with van der Waals surface area (Å²) in [6, 6.07) is 6.33. The summed E-state index contributed by atoms with van der Waals surface area (Å²) in [4.78, 5) is 4.64. The van der Waals surface area contributed by atoms with Gasteiger partial charge in [-0.1, -0.05) is 19.1 Å². The Morgan fingerprint density at radius 2 is 2.12 bits per heavy atom. The molecule has 2 N–H and O–H groups in total. The van der Waals surface area contributed by atoms with Crippen molar-refractivity contribution in [3.05, 3.63) is 47.3 Å². The Labute approximate surface area is 156 Å². The van der Waals surface area contributed by atoms with E-state index < -0.39 is 0 Å². The number of benzene rings is 1. The zero-order chi connectivity index (χ0) is 18.9. The molecule has 0 aliphatic rings. The molecule has 0 aliphatic carbocycles. The average molecular weight is 358 g/mol. The van der Waals surface area contributed by atoms with Gasteiger partial charge in [0.25, 0.3) is 0 Å². The third-order valence-corrected chi connectivity index (χ3v) is 4.09. The minimum Gasteiger partial charge on any atom is -0.490 e. The molecule has 0 radical (unpaired) electrons. The predicted octanol–water partition coefficient (Wildman–Crippen LogP) is 3.16. The summed E-state index contributed by atoms with van der Waals surface area (Å²) in [5.41, 5.74) is 3.41. The molecule has 6 nitrogen and oxygen atoms in total. The second-order valence-electron chi connectivity index (χ2n) is 6.52. The van der Waals surface area contributed by atoms with Gasteiger partial charge in [-0.2, -0.15) is 5.10 Å². The molecular weight excluding hydrogens is 326 g/mol. The fourth-order valence-corrected chi connectivity index (χ4v) is 2.46. The number of guanidine groups is 1. The standard InChI is InChI=1S/C20H31N5O/c1-6-16(4)26-19-10-15(3)8-9-18(19)13-23-20(21-7-2)22-11-17-12-24-25(5)14-17/h8-10,12,14,16H,6-7,11,13H2,1-5H3,(H2,21,22,23). The smallest absolute Gasteiger partial charge is 0.191 e. The Kier molecular flexibility index (Phi) is 7.51.